The summed E-state index contributed by atoms with van der Waals surface area (Å²) >= 11 is 0. The van der Waals surface area contributed by atoms with Crippen LogP contribution in [0.3, 0.4) is 0 Å². The Morgan fingerprint density at radius 3 is 2.10 bits per heavy atom. The Morgan fingerprint density at radius 2 is 1.62 bits per heavy atom. The molecule has 0 bridgehead atoms. The minimum Gasteiger partial charge on any atom is -0.475 e. The zero-order valence-corrected chi connectivity index (χ0v) is 11.7. The van der Waals surface area contributed by atoms with Crippen molar-refractivity contribution < 1.29 is 27.5 Å². The largest absolute Gasteiger partial charge is 0.475 e. The first kappa shape index (κ1) is 14.8. The zero-order valence-electron chi connectivity index (χ0n) is 10.9. The number of carbonyl (C=O) groups excluding carboxylic acids is 1. The van der Waals surface area contributed by atoms with E-state index in [1.54, 1.807) is 0 Å². The van der Waals surface area contributed by atoms with E-state index in [0.29, 0.717) is 5.69 Å². The van der Waals surface area contributed by atoms with Crippen molar-refractivity contribution in [1.29, 1.82) is 0 Å². The lowest BCUT2D eigenvalue weighted by atomic mass is 10.3. The van der Waals surface area contributed by atoms with E-state index in [9.17, 15) is 18.0 Å². The van der Waals surface area contributed by atoms with Gasteiger partial charge in [0.15, 0.2) is 15.6 Å². The predicted molar refractivity (Wildman–Crippen MR) is 73.2 cm³/mol. The summed E-state index contributed by atoms with van der Waals surface area (Å²) in [6, 6.07) is 7.98. The average Bonchev–Trinajstić information content (AvgIpc) is 2.88. The van der Waals surface area contributed by atoms with Gasteiger partial charge in [-0.25, -0.2) is 13.2 Å². The molecule has 0 saturated heterocycles. The molecule has 0 radical (unpaired) electrons. The monoisotopic (exact) mass is 309 g/mol. The SMILES string of the molecule is CS(=O)(=O)c1ccc(NC(=O)c2ccc(C(=O)O)o2)cc1. The molecule has 21 heavy (non-hydrogen) atoms. The molecule has 110 valence electrons. The van der Waals surface area contributed by atoms with Crippen LogP contribution in [-0.4, -0.2) is 31.7 Å². The maximum atomic E-state index is 11.8. The van der Waals surface area contributed by atoms with Crippen LogP contribution in [0.4, 0.5) is 5.69 Å². The summed E-state index contributed by atoms with van der Waals surface area (Å²) in [6.07, 6.45) is 1.08. The van der Waals surface area contributed by atoms with Gasteiger partial charge in [-0.05, 0) is 36.4 Å². The van der Waals surface area contributed by atoms with Crippen molar-refractivity contribution in [3.63, 3.8) is 0 Å². The molecule has 0 atom stereocenters. The minimum atomic E-state index is -3.30. The molecule has 8 heteroatoms. The van der Waals surface area contributed by atoms with Crippen molar-refractivity contribution in [2.45, 2.75) is 4.90 Å². The highest BCUT2D eigenvalue weighted by Crippen LogP contribution is 2.15. The van der Waals surface area contributed by atoms with Crippen molar-refractivity contribution in [3.8, 4) is 0 Å². The molecule has 0 aliphatic heterocycles. The van der Waals surface area contributed by atoms with Gasteiger partial charge in [0, 0.05) is 11.9 Å². The summed E-state index contributed by atoms with van der Waals surface area (Å²) in [6.45, 7) is 0. The van der Waals surface area contributed by atoms with Gasteiger partial charge in [0.05, 0.1) is 4.90 Å². The Balaban J connectivity index is 2.14. The maximum absolute atomic E-state index is 11.8. The standard InChI is InChI=1S/C13H11NO6S/c1-21(18,19)9-4-2-8(3-5-9)14-12(15)10-6-7-11(20-10)13(16)17/h2-7H,1H3,(H,14,15)(H,16,17). The summed E-state index contributed by atoms with van der Waals surface area (Å²) in [7, 11) is -3.30. The van der Waals surface area contributed by atoms with Crippen LogP contribution in [0.15, 0.2) is 45.7 Å². The molecule has 0 fully saturated rings. The van der Waals surface area contributed by atoms with Gasteiger partial charge in [-0.1, -0.05) is 0 Å². The molecular formula is C13H11NO6S. The summed E-state index contributed by atoms with van der Waals surface area (Å²) in [5.74, 6) is -2.40. The summed E-state index contributed by atoms with van der Waals surface area (Å²) < 4.78 is 27.4. The fourth-order valence-electron chi connectivity index (χ4n) is 1.55. The van der Waals surface area contributed by atoms with E-state index < -0.39 is 21.7 Å². The molecule has 0 unspecified atom stereocenters. The van der Waals surface area contributed by atoms with E-state index in [2.05, 4.69) is 5.32 Å². The number of hydrogen-bond acceptors (Lipinski definition) is 5. The second-order valence-electron chi connectivity index (χ2n) is 4.22. The first-order chi connectivity index (χ1) is 9.77. The number of anilines is 1. The Kier molecular flexibility index (Phi) is 3.81. The zero-order chi connectivity index (χ0) is 15.6. The molecule has 2 N–H and O–H groups in total. The van der Waals surface area contributed by atoms with Crippen molar-refractivity contribution >= 4 is 27.4 Å². The van der Waals surface area contributed by atoms with Crippen molar-refractivity contribution in [2.24, 2.45) is 0 Å². The first-order valence-corrected chi connectivity index (χ1v) is 7.61. The third kappa shape index (κ3) is 3.48. The molecule has 0 spiro atoms. The van der Waals surface area contributed by atoms with Crippen LogP contribution >= 0.6 is 0 Å². The topological polar surface area (TPSA) is 114 Å². The van der Waals surface area contributed by atoms with E-state index in [1.165, 1.54) is 36.4 Å². The van der Waals surface area contributed by atoms with Gasteiger partial charge >= 0.3 is 5.97 Å². The summed E-state index contributed by atoms with van der Waals surface area (Å²) in [5, 5.41) is 11.2. The Bertz CT molecular complexity index is 788. The van der Waals surface area contributed by atoms with Gasteiger partial charge in [0.2, 0.25) is 5.76 Å². The highest BCUT2D eigenvalue weighted by atomic mass is 32.2. The van der Waals surface area contributed by atoms with Crippen molar-refractivity contribution in [2.75, 3.05) is 11.6 Å². The van der Waals surface area contributed by atoms with Crippen LogP contribution in [-0.2, 0) is 9.84 Å². The second kappa shape index (κ2) is 5.41. The molecule has 2 rings (SSSR count). The molecule has 1 amide bonds. The highest BCUT2D eigenvalue weighted by molar-refractivity contribution is 7.90. The second-order valence-corrected chi connectivity index (χ2v) is 6.24. The smallest absolute Gasteiger partial charge is 0.371 e. The molecule has 0 aliphatic rings. The fourth-order valence-corrected chi connectivity index (χ4v) is 2.18. The quantitative estimate of drug-likeness (QED) is 0.887. The molecule has 2 aromatic rings. The Hall–Kier alpha value is -2.61. The number of hydrogen-bond donors (Lipinski definition) is 2. The molecule has 0 saturated carbocycles. The lowest BCUT2D eigenvalue weighted by molar-refractivity contribution is 0.0660. The highest BCUT2D eigenvalue weighted by Gasteiger charge is 2.15. The van der Waals surface area contributed by atoms with Crippen molar-refractivity contribution in [1.82, 2.24) is 0 Å². The van der Waals surface area contributed by atoms with Gasteiger partial charge in [0.1, 0.15) is 0 Å². The van der Waals surface area contributed by atoms with E-state index >= 15 is 0 Å². The van der Waals surface area contributed by atoms with Crippen molar-refractivity contribution in [3.05, 3.63) is 47.9 Å². The van der Waals surface area contributed by atoms with Crippen LogP contribution < -0.4 is 5.32 Å². The van der Waals surface area contributed by atoms with Gasteiger partial charge in [-0.15, -0.1) is 0 Å². The predicted octanol–water partition coefficient (Wildman–Crippen LogP) is 1.63. The molecule has 1 aromatic carbocycles. The number of amides is 1. The Morgan fingerprint density at radius 1 is 1.05 bits per heavy atom. The molecule has 1 aromatic heterocycles. The number of benzene rings is 1. The fraction of sp³-hybridized carbons (Fsp3) is 0.0769. The van der Waals surface area contributed by atoms with E-state index in [-0.39, 0.29) is 16.4 Å². The summed E-state index contributed by atoms with van der Waals surface area (Å²) in [4.78, 5) is 22.6. The van der Waals surface area contributed by atoms with Gasteiger partial charge in [-0.2, -0.15) is 0 Å². The maximum Gasteiger partial charge on any atom is 0.371 e. The van der Waals surface area contributed by atoms with E-state index in [4.69, 9.17) is 9.52 Å². The third-order valence-electron chi connectivity index (χ3n) is 2.58. The van der Waals surface area contributed by atoms with Crippen LogP contribution in [0.25, 0.3) is 0 Å². The number of nitrogens with one attached hydrogen (secondary N) is 1. The lowest BCUT2D eigenvalue weighted by Crippen LogP contribution is -2.11. The normalized spacial score (nSPS) is 11.1. The number of carboxylic acids is 1. The molecular weight excluding hydrogens is 298 g/mol. The number of furan rings is 1. The average molecular weight is 309 g/mol. The van der Waals surface area contributed by atoms with E-state index in [0.717, 1.165) is 6.26 Å². The number of rotatable bonds is 4. The van der Waals surface area contributed by atoms with Crippen LogP contribution in [0, 0.1) is 0 Å². The summed E-state index contributed by atoms with van der Waals surface area (Å²) in [5.41, 5.74) is 0.362. The minimum absolute atomic E-state index is 0.131. The van der Waals surface area contributed by atoms with Gasteiger partial charge < -0.3 is 14.8 Å². The number of carbonyl (C=O) groups is 2. The number of sulfone groups is 1. The third-order valence-corrected chi connectivity index (χ3v) is 3.71. The molecule has 7 nitrogen and oxygen atoms in total. The van der Waals surface area contributed by atoms with Gasteiger partial charge in [-0.3, -0.25) is 4.79 Å². The molecule has 0 aliphatic carbocycles. The molecule has 1 heterocycles. The van der Waals surface area contributed by atoms with Crippen LogP contribution in [0.5, 0.6) is 0 Å². The number of aromatic carboxylic acids is 1. The first-order valence-electron chi connectivity index (χ1n) is 5.72. The lowest BCUT2D eigenvalue weighted by Gasteiger charge is -2.04. The van der Waals surface area contributed by atoms with Crippen LogP contribution in [0.1, 0.15) is 21.1 Å². The van der Waals surface area contributed by atoms with Crippen LogP contribution in [0.2, 0.25) is 0 Å². The van der Waals surface area contributed by atoms with E-state index in [1.807, 2.05) is 0 Å². The van der Waals surface area contributed by atoms with Gasteiger partial charge in [0.25, 0.3) is 5.91 Å². The Labute approximate surface area is 120 Å². The number of carboxylic acid groups (broad SMARTS) is 1.